The summed E-state index contributed by atoms with van der Waals surface area (Å²) in [6, 6.07) is 16.2. The van der Waals surface area contributed by atoms with Crippen molar-refractivity contribution in [2.75, 3.05) is 11.9 Å². The first-order valence-electron chi connectivity index (χ1n) is 9.28. The Labute approximate surface area is 177 Å². The summed E-state index contributed by atoms with van der Waals surface area (Å²) in [5, 5.41) is 6.21. The number of para-hydroxylation sites is 1. The average molecular weight is 421 g/mol. The third kappa shape index (κ3) is 6.04. The van der Waals surface area contributed by atoms with E-state index >= 15 is 0 Å². The summed E-state index contributed by atoms with van der Waals surface area (Å²) in [7, 11) is 0. The Kier molecular flexibility index (Phi) is 7.15. The SMILES string of the molecule is CCOc1ccc(NC(=O)C(=O)N/N=C/c2ccccc2OC(=O)c2ccco2)cc1. The van der Waals surface area contributed by atoms with Gasteiger partial charge in [-0.15, -0.1) is 0 Å². The monoisotopic (exact) mass is 421 g/mol. The van der Waals surface area contributed by atoms with Crippen molar-refractivity contribution in [1.82, 2.24) is 5.43 Å². The fourth-order valence-corrected chi connectivity index (χ4v) is 2.43. The molecule has 2 amide bonds. The van der Waals surface area contributed by atoms with E-state index in [1.54, 1.807) is 54.6 Å². The van der Waals surface area contributed by atoms with Crippen LogP contribution in [0.4, 0.5) is 5.69 Å². The minimum absolute atomic E-state index is 0.0472. The molecule has 0 unspecified atom stereocenters. The summed E-state index contributed by atoms with van der Waals surface area (Å²) < 4.78 is 15.6. The molecule has 31 heavy (non-hydrogen) atoms. The van der Waals surface area contributed by atoms with Crippen LogP contribution >= 0.6 is 0 Å². The van der Waals surface area contributed by atoms with E-state index in [0.29, 0.717) is 23.6 Å². The average Bonchev–Trinajstić information content (AvgIpc) is 3.31. The van der Waals surface area contributed by atoms with Gasteiger partial charge in [-0.2, -0.15) is 5.10 Å². The maximum atomic E-state index is 12.0. The van der Waals surface area contributed by atoms with Crippen molar-refractivity contribution < 1.29 is 28.3 Å². The number of hydrazone groups is 1. The predicted octanol–water partition coefficient (Wildman–Crippen LogP) is 2.99. The lowest BCUT2D eigenvalue weighted by molar-refractivity contribution is -0.136. The number of esters is 1. The van der Waals surface area contributed by atoms with Gasteiger partial charge in [0.1, 0.15) is 11.5 Å². The van der Waals surface area contributed by atoms with Crippen LogP contribution < -0.4 is 20.2 Å². The second-order valence-corrected chi connectivity index (χ2v) is 6.02. The molecule has 158 valence electrons. The zero-order chi connectivity index (χ0) is 22.1. The Bertz CT molecular complexity index is 1070. The minimum Gasteiger partial charge on any atom is -0.494 e. The molecule has 0 saturated carbocycles. The Balaban J connectivity index is 1.56. The zero-order valence-electron chi connectivity index (χ0n) is 16.5. The first-order valence-corrected chi connectivity index (χ1v) is 9.28. The number of hydrogen-bond acceptors (Lipinski definition) is 7. The molecule has 0 atom stereocenters. The van der Waals surface area contributed by atoms with Crippen LogP contribution in [0.3, 0.4) is 0 Å². The first-order chi connectivity index (χ1) is 15.1. The maximum absolute atomic E-state index is 12.0. The molecule has 2 N–H and O–H groups in total. The molecule has 0 spiro atoms. The summed E-state index contributed by atoms with van der Waals surface area (Å²) in [6.45, 7) is 2.39. The van der Waals surface area contributed by atoms with E-state index in [9.17, 15) is 14.4 Å². The molecule has 0 aliphatic rings. The van der Waals surface area contributed by atoms with Crippen molar-refractivity contribution in [2.24, 2.45) is 5.10 Å². The van der Waals surface area contributed by atoms with Gasteiger partial charge in [0.05, 0.1) is 19.1 Å². The highest BCUT2D eigenvalue weighted by molar-refractivity contribution is 6.39. The van der Waals surface area contributed by atoms with Gasteiger partial charge in [0.25, 0.3) is 0 Å². The second-order valence-electron chi connectivity index (χ2n) is 6.02. The van der Waals surface area contributed by atoms with Crippen LogP contribution in [0.2, 0.25) is 0 Å². The maximum Gasteiger partial charge on any atom is 0.379 e. The van der Waals surface area contributed by atoms with Gasteiger partial charge in [0.15, 0.2) is 0 Å². The van der Waals surface area contributed by atoms with Gasteiger partial charge in [-0.05, 0) is 55.5 Å². The van der Waals surface area contributed by atoms with Gasteiger partial charge < -0.3 is 19.2 Å². The number of hydrogen-bond donors (Lipinski definition) is 2. The fraction of sp³-hybridized carbons (Fsp3) is 0.0909. The van der Waals surface area contributed by atoms with Gasteiger partial charge in [-0.25, -0.2) is 10.2 Å². The van der Waals surface area contributed by atoms with Gasteiger partial charge in [-0.1, -0.05) is 12.1 Å². The third-order valence-corrected chi connectivity index (χ3v) is 3.84. The third-order valence-electron chi connectivity index (χ3n) is 3.84. The highest BCUT2D eigenvalue weighted by Gasteiger charge is 2.14. The van der Waals surface area contributed by atoms with Crippen LogP contribution in [0.5, 0.6) is 11.5 Å². The Morgan fingerprint density at radius 3 is 2.48 bits per heavy atom. The second kappa shape index (κ2) is 10.4. The number of carbonyl (C=O) groups excluding carboxylic acids is 3. The van der Waals surface area contributed by atoms with E-state index in [1.165, 1.54) is 18.5 Å². The lowest BCUT2D eigenvalue weighted by Gasteiger charge is -2.07. The van der Waals surface area contributed by atoms with E-state index in [1.807, 2.05) is 6.92 Å². The molecule has 0 aliphatic heterocycles. The summed E-state index contributed by atoms with van der Waals surface area (Å²) in [5.41, 5.74) is 2.97. The molecule has 0 radical (unpaired) electrons. The topological polar surface area (TPSA) is 119 Å². The van der Waals surface area contributed by atoms with E-state index < -0.39 is 17.8 Å². The van der Waals surface area contributed by atoms with Crippen molar-refractivity contribution in [3.8, 4) is 11.5 Å². The molecular weight excluding hydrogens is 402 g/mol. The number of amides is 2. The summed E-state index contributed by atoms with van der Waals surface area (Å²) >= 11 is 0. The Morgan fingerprint density at radius 1 is 1.00 bits per heavy atom. The molecule has 2 aromatic carbocycles. The normalized spacial score (nSPS) is 10.5. The van der Waals surface area contributed by atoms with Crippen molar-refractivity contribution in [2.45, 2.75) is 6.92 Å². The van der Waals surface area contributed by atoms with Crippen LogP contribution in [-0.4, -0.2) is 30.6 Å². The van der Waals surface area contributed by atoms with Crippen molar-refractivity contribution in [3.05, 3.63) is 78.3 Å². The van der Waals surface area contributed by atoms with Crippen LogP contribution in [0.1, 0.15) is 23.0 Å². The van der Waals surface area contributed by atoms with Gasteiger partial charge in [-0.3, -0.25) is 9.59 Å². The van der Waals surface area contributed by atoms with Crippen molar-refractivity contribution >= 4 is 29.7 Å². The van der Waals surface area contributed by atoms with Gasteiger partial charge in [0.2, 0.25) is 5.76 Å². The number of nitrogens with zero attached hydrogens (tertiary/aromatic N) is 1. The lowest BCUT2D eigenvalue weighted by Crippen LogP contribution is -2.32. The van der Waals surface area contributed by atoms with Crippen molar-refractivity contribution in [1.29, 1.82) is 0 Å². The molecule has 0 saturated heterocycles. The van der Waals surface area contributed by atoms with Crippen molar-refractivity contribution in [3.63, 3.8) is 0 Å². The number of benzene rings is 2. The lowest BCUT2D eigenvalue weighted by atomic mass is 10.2. The largest absolute Gasteiger partial charge is 0.494 e. The quantitative estimate of drug-likeness (QED) is 0.199. The highest BCUT2D eigenvalue weighted by atomic mass is 16.5. The molecule has 3 rings (SSSR count). The molecular formula is C22H19N3O6. The van der Waals surface area contributed by atoms with E-state index in [2.05, 4.69) is 15.8 Å². The summed E-state index contributed by atoms with van der Waals surface area (Å²) in [4.78, 5) is 36.0. The molecule has 0 bridgehead atoms. The Morgan fingerprint density at radius 2 is 1.77 bits per heavy atom. The predicted molar refractivity (Wildman–Crippen MR) is 112 cm³/mol. The smallest absolute Gasteiger partial charge is 0.379 e. The molecule has 0 fully saturated rings. The molecule has 0 aliphatic carbocycles. The fourth-order valence-electron chi connectivity index (χ4n) is 2.43. The summed E-state index contributed by atoms with van der Waals surface area (Å²) in [6.07, 6.45) is 2.62. The number of furan rings is 1. The van der Waals surface area contributed by atoms with Crippen LogP contribution in [0.25, 0.3) is 0 Å². The number of nitrogens with one attached hydrogen (secondary N) is 2. The van der Waals surface area contributed by atoms with Crippen LogP contribution in [-0.2, 0) is 9.59 Å². The van der Waals surface area contributed by atoms with E-state index in [-0.39, 0.29) is 11.5 Å². The molecule has 9 nitrogen and oxygen atoms in total. The van der Waals surface area contributed by atoms with E-state index in [4.69, 9.17) is 13.9 Å². The molecule has 1 heterocycles. The van der Waals surface area contributed by atoms with E-state index in [0.717, 1.165) is 0 Å². The van der Waals surface area contributed by atoms with Gasteiger partial charge in [0, 0.05) is 11.3 Å². The number of rotatable bonds is 7. The molecule has 3 aromatic rings. The summed E-state index contributed by atoms with van der Waals surface area (Å²) in [5.74, 6) is -1.62. The zero-order valence-corrected chi connectivity index (χ0v) is 16.5. The number of ether oxygens (including phenoxy) is 2. The highest BCUT2D eigenvalue weighted by Crippen LogP contribution is 2.18. The minimum atomic E-state index is -0.963. The standard InChI is InChI=1S/C22H19N3O6/c1-2-29-17-11-9-16(10-12-17)24-20(26)21(27)25-23-14-15-6-3-4-7-18(15)31-22(28)19-8-5-13-30-19/h3-14H,2H2,1H3,(H,24,26)(H,25,27)/b23-14+. The molecule has 9 heteroatoms. The van der Waals surface area contributed by atoms with Gasteiger partial charge >= 0.3 is 17.8 Å². The first kappa shape index (κ1) is 21.3. The number of carbonyl (C=O) groups is 3. The van der Waals surface area contributed by atoms with Crippen LogP contribution in [0, 0.1) is 0 Å². The Hall–Kier alpha value is -4.40. The molecule has 1 aromatic heterocycles. The van der Waals surface area contributed by atoms with Crippen LogP contribution in [0.15, 0.2) is 76.4 Å². The number of anilines is 1.